The summed E-state index contributed by atoms with van der Waals surface area (Å²) in [4.78, 5) is 16.4. The van der Waals surface area contributed by atoms with E-state index in [1.54, 1.807) is 30.5 Å². The fourth-order valence-electron chi connectivity index (χ4n) is 2.31. The Bertz CT molecular complexity index is 926. The Morgan fingerprint density at radius 1 is 1.38 bits per heavy atom. The predicted octanol–water partition coefficient (Wildman–Crippen LogP) is 2.19. The van der Waals surface area contributed by atoms with Crippen LogP contribution in [0, 0.1) is 6.92 Å². The van der Waals surface area contributed by atoms with Gasteiger partial charge < -0.3 is 9.84 Å². The Hall–Kier alpha value is -2.44. The van der Waals surface area contributed by atoms with Gasteiger partial charge in [-0.05, 0) is 36.8 Å². The van der Waals surface area contributed by atoms with Crippen LogP contribution in [0.4, 0.5) is 0 Å². The molecule has 0 saturated heterocycles. The van der Waals surface area contributed by atoms with Gasteiger partial charge in [-0.3, -0.25) is 9.78 Å². The molecule has 0 amide bonds. The number of ether oxygens (including phenoxy) is 1. The number of hydrogen-bond donors (Lipinski definition) is 1. The van der Waals surface area contributed by atoms with Crippen molar-refractivity contribution in [1.29, 1.82) is 0 Å². The first-order valence-corrected chi connectivity index (χ1v) is 7.80. The predicted molar refractivity (Wildman–Crippen MR) is 91.5 cm³/mol. The third-order valence-electron chi connectivity index (χ3n) is 3.52. The number of benzene rings is 1. The number of pyridine rings is 1. The summed E-state index contributed by atoms with van der Waals surface area (Å²) in [7, 11) is 0. The minimum atomic E-state index is -0.902. The van der Waals surface area contributed by atoms with Crippen molar-refractivity contribution in [1.82, 2.24) is 14.8 Å². The molecule has 0 bridgehead atoms. The van der Waals surface area contributed by atoms with Crippen LogP contribution in [0.15, 0.2) is 47.5 Å². The molecule has 0 fully saturated rings. The molecule has 0 aliphatic heterocycles. The van der Waals surface area contributed by atoms with Gasteiger partial charge in [0.2, 0.25) is 0 Å². The summed E-state index contributed by atoms with van der Waals surface area (Å²) in [5.41, 5.74) is 1.23. The van der Waals surface area contributed by atoms with E-state index in [0.717, 1.165) is 5.56 Å². The van der Waals surface area contributed by atoms with E-state index in [4.69, 9.17) is 16.3 Å². The zero-order chi connectivity index (χ0) is 17.1. The van der Waals surface area contributed by atoms with Crippen LogP contribution >= 0.6 is 11.6 Å². The van der Waals surface area contributed by atoms with Gasteiger partial charge in [0.25, 0.3) is 5.56 Å². The van der Waals surface area contributed by atoms with Gasteiger partial charge in [-0.1, -0.05) is 17.7 Å². The molecular formula is C17H16ClN3O3. The van der Waals surface area contributed by atoms with E-state index in [2.05, 4.69) is 10.1 Å². The fraction of sp³-hybridized carbons (Fsp3) is 0.235. The van der Waals surface area contributed by atoms with Crippen molar-refractivity contribution >= 4 is 22.5 Å². The zero-order valence-corrected chi connectivity index (χ0v) is 13.8. The maximum absolute atomic E-state index is 12.3. The Kier molecular flexibility index (Phi) is 4.78. The third-order valence-corrected chi connectivity index (χ3v) is 3.84. The molecule has 6 nitrogen and oxygen atoms in total. The molecule has 24 heavy (non-hydrogen) atoms. The third kappa shape index (κ3) is 3.55. The molecule has 1 unspecified atom stereocenters. The second kappa shape index (κ2) is 6.98. The number of fused-ring (bicyclic) bond motifs is 1. The summed E-state index contributed by atoms with van der Waals surface area (Å²) in [6.07, 6.45) is 2.20. The summed E-state index contributed by atoms with van der Waals surface area (Å²) < 4.78 is 6.75. The highest BCUT2D eigenvalue weighted by molar-refractivity contribution is 6.32. The Labute approximate surface area is 143 Å². The molecule has 3 rings (SSSR count). The normalized spacial score (nSPS) is 12.3. The molecule has 2 heterocycles. The minimum Gasteiger partial charge on any atom is -0.489 e. The van der Waals surface area contributed by atoms with Crippen LogP contribution in [0.1, 0.15) is 5.56 Å². The maximum Gasteiger partial charge on any atom is 0.276 e. The number of aliphatic hydroxyl groups excluding tert-OH is 1. The molecule has 3 aromatic rings. The molecule has 7 heteroatoms. The van der Waals surface area contributed by atoms with Crippen LogP contribution in [-0.2, 0) is 6.54 Å². The minimum absolute atomic E-state index is 0.00235. The Balaban J connectivity index is 1.71. The zero-order valence-electron chi connectivity index (χ0n) is 13.0. The average molecular weight is 346 g/mol. The van der Waals surface area contributed by atoms with Crippen molar-refractivity contribution in [2.45, 2.75) is 19.6 Å². The van der Waals surface area contributed by atoms with Crippen molar-refractivity contribution < 1.29 is 9.84 Å². The van der Waals surface area contributed by atoms with Crippen LogP contribution in [0.25, 0.3) is 10.9 Å². The number of aryl methyl sites for hydroxylation is 1. The topological polar surface area (TPSA) is 77.2 Å². The van der Waals surface area contributed by atoms with Gasteiger partial charge in [0, 0.05) is 6.20 Å². The van der Waals surface area contributed by atoms with Gasteiger partial charge >= 0.3 is 0 Å². The van der Waals surface area contributed by atoms with Crippen molar-refractivity contribution in [2.24, 2.45) is 0 Å². The largest absolute Gasteiger partial charge is 0.489 e. The summed E-state index contributed by atoms with van der Waals surface area (Å²) in [6, 6.07) is 8.77. The standard InChI is InChI=1S/C17H16ClN3O3/c1-11-4-5-14(18)16(7-11)24-10-12(22)9-21-17(23)13-3-2-6-19-15(13)8-20-21/h2-8,12,22H,9-10H2,1H3. The van der Waals surface area contributed by atoms with Crippen LogP contribution < -0.4 is 10.3 Å². The second-order valence-corrected chi connectivity index (χ2v) is 5.87. The van der Waals surface area contributed by atoms with Gasteiger partial charge in [-0.2, -0.15) is 5.10 Å². The van der Waals surface area contributed by atoms with Gasteiger partial charge in [-0.15, -0.1) is 0 Å². The van der Waals surface area contributed by atoms with E-state index >= 15 is 0 Å². The Morgan fingerprint density at radius 2 is 2.21 bits per heavy atom. The molecule has 1 atom stereocenters. The number of aliphatic hydroxyl groups is 1. The molecule has 0 aliphatic carbocycles. The van der Waals surface area contributed by atoms with Crippen molar-refractivity contribution in [2.75, 3.05) is 6.61 Å². The molecule has 0 saturated carbocycles. The number of nitrogens with zero attached hydrogens (tertiary/aromatic N) is 3. The number of halogens is 1. The lowest BCUT2D eigenvalue weighted by Crippen LogP contribution is -2.32. The number of aromatic nitrogens is 3. The molecular weight excluding hydrogens is 330 g/mol. The van der Waals surface area contributed by atoms with Gasteiger partial charge in [0.05, 0.1) is 28.7 Å². The summed E-state index contributed by atoms with van der Waals surface area (Å²) >= 11 is 6.05. The molecule has 1 N–H and O–H groups in total. The lowest BCUT2D eigenvalue weighted by atomic mass is 10.2. The fourth-order valence-corrected chi connectivity index (χ4v) is 2.48. The first kappa shape index (κ1) is 16.4. The highest BCUT2D eigenvalue weighted by Gasteiger charge is 2.12. The van der Waals surface area contributed by atoms with E-state index < -0.39 is 6.10 Å². The van der Waals surface area contributed by atoms with Crippen LogP contribution in [-0.4, -0.2) is 32.6 Å². The van der Waals surface area contributed by atoms with Crippen LogP contribution in [0.3, 0.4) is 0 Å². The number of hydrogen-bond acceptors (Lipinski definition) is 5. The van der Waals surface area contributed by atoms with E-state index in [-0.39, 0.29) is 18.7 Å². The van der Waals surface area contributed by atoms with Crippen LogP contribution in [0.5, 0.6) is 5.75 Å². The lowest BCUT2D eigenvalue weighted by molar-refractivity contribution is 0.0881. The van der Waals surface area contributed by atoms with E-state index in [9.17, 15) is 9.90 Å². The average Bonchev–Trinajstić information content (AvgIpc) is 2.58. The lowest BCUT2D eigenvalue weighted by Gasteiger charge is -2.14. The molecule has 2 aromatic heterocycles. The monoisotopic (exact) mass is 345 g/mol. The first-order valence-electron chi connectivity index (χ1n) is 7.42. The molecule has 0 spiro atoms. The molecule has 1 aromatic carbocycles. The first-order chi connectivity index (χ1) is 11.5. The highest BCUT2D eigenvalue weighted by Crippen LogP contribution is 2.25. The molecule has 0 radical (unpaired) electrons. The van der Waals surface area contributed by atoms with E-state index in [1.807, 2.05) is 13.0 Å². The van der Waals surface area contributed by atoms with E-state index in [0.29, 0.717) is 21.7 Å². The summed E-state index contributed by atoms with van der Waals surface area (Å²) in [6.45, 7) is 1.95. The molecule has 124 valence electrons. The summed E-state index contributed by atoms with van der Waals surface area (Å²) in [5.74, 6) is 0.499. The highest BCUT2D eigenvalue weighted by atomic mass is 35.5. The van der Waals surface area contributed by atoms with Crippen molar-refractivity contribution in [3.05, 3.63) is 63.7 Å². The SMILES string of the molecule is Cc1ccc(Cl)c(OCC(O)Cn2ncc3ncccc3c2=O)c1. The van der Waals surface area contributed by atoms with Gasteiger partial charge in [0.1, 0.15) is 18.5 Å². The van der Waals surface area contributed by atoms with Gasteiger partial charge in [-0.25, -0.2) is 4.68 Å². The molecule has 0 aliphatic rings. The van der Waals surface area contributed by atoms with Crippen molar-refractivity contribution in [3.8, 4) is 5.75 Å². The maximum atomic E-state index is 12.3. The Morgan fingerprint density at radius 3 is 3.04 bits per heavy atom. The number of rotatable bonds is 5. The van der Waals surface area contributed by atoms with Crippen molar-refractivity contribution in [3.63, 3.8) is 0 Å². The quantitative estimate of drug-likeness (QED) is 0.767. The second-order valence-electron chi connectivity index (χ2n) is 5.47. The smallest absolute Gasteiger partial charge is 0.276 e. The van der Waals surface area contributed by atoms with Crippen LogP contribution in [0.2, 0.25) is 5.02 Å². The summed E-state index contributed by atoms with van der Waals surface area (Å²) in [5, 5.41) is 15.1. The van der Waals surface area contributed by atoms with Gasteiger partial charge in [0.15, 0.2) is 0 Å². The van der Waals surface area contributed by atoms with E-state index in [1.165, 1.54) is 10.9 Å².